The van der Waals surface area contributed by atoms with E-state index in [1.807, 2.05) is 30.3 Å². The summed E-state index contributed by atoms with van der Waals surface area (Å²) in [4.78, 5) is 22.4. The van der Waals surface area contributed by atoms with Gasteiger partial charge >= 0.3 is 5.97 Å². The quantitative estimate of drug-likeness (QED) is 0.789. The molecule has 0 fully saturated rings. The number of carbonyl (C=O) groups excluding carboxylic acids is 1. The van der Waals surface area contributed by atoms with Gasteiger partial charge in [0, 0.05) is 12.8 Å². The van der Waals surface area contributed by atoms with Gasteiger partial charge in [0.15, 0.2) is 0 Å². The van der Waals surface area contributed by atoms with Crippen molar-refractivity contribution in [1.29, 1.82) is 0 Å². The van der Waals surface area contributed by atoms with Crippen molar-refractivity contribution in [3.05, 3.63) is 35.9 Å². The van der Waals surface area contributed by atoms with Crippen molar-refractivity contribution in [1.82, 2.24) is 0 Å². The van der Waals surface area contributed by atoms with Crippen molar-refractivity contribution in [2.45, 2.75) is 32.6 Å². The molecule has 0 saturated carbocycles. The summed E-state index contributed by atoms with van der Waals surface area (Å²) in [6, 6.07) is 9.75. The van der Waals surface area contributed by atoms with Crippen molar-refractivity contribution in [3.8, 4) is 0 Å². The lowest BCUT2D eigenvalue weighted by Crippen LogP contribution is -2.17. The molecule has 1 aromatic rings. The first-order chi connectivity index (χ1) is 8.13. The number of hydrogen-bond acceptors (Lipinski definition) is 2. The van der Waals surface area contributed by atoms with Crippen LogP contribution in [0, 0.1) is 5.92 Å². The Morgan fingerprint density at radius 2 is 1.88 bits per heavy atom. The van der Waals surface area contributed by atoms with E-state index < -0.39 is 11.9 Å². The van der Waals surface area contributed by atoms with Gasteiger partial charge in [-0.1, -0.05) is 37.3 Å². The van der Waals surface area contributed by atoms with Gasteiger partial charge in [0.25, 0.3) is 0 Å². The van der Waals surface area contributed by atoms with Crippen molar-refractivity contribution in [2.24, 2.45) is 5.92 Å². The molecule has 0 amide bonds. The highest BCUT2D eigenvalue weighted by molar-refractivity contribution is 5.83. The van der Waals surface area contributed by atoms with Crippen LogP contribution in [0.1, 0.15) is 31.7 Å². The summed E-state index contributed by atoms with van der Waals surface area (Å²) >= 11 is 0. The van der Waals surface area contributed by atoms with Crippen LogP contribution < -0.4 is 0 Å². The van der Waals surface area contributed by atoms with Crippen LogP contribution in [-0.4, -0.2) is 16.9 Å². The molecule has 0 saturated heterocycles. The van der Waals surface area contributed by atoms with Crippen LogP contribution in [0.3, 0.4) is 0 Å². The number of carbonyl (C=O) groups is 2. The molecule has 0 aliphatic heterocycles. The Hall–Kier alpha value is -1.64. The number of ketones is 1. The summed E-state index contributed by atoms with van der Waals surface area (Å²) in [7, 11) is 0. The lowest BCUT2D eigenvalue weighted by Gasteiger charge is -2.08. The second kappa shape index (κ2) is 6.84. The third kappa shape index (κ3) is 4.81. The summed E-state index contributed by atoms with van der Waals surface area (Å²) in [6.07, 6.45) is 1.77. The molecule has 3 heteroatoms. The smallest absolute Gasteiger partial charge is 0.306 e. The van der Waals surface area contributed by atoms with Crippen molar-refractivity contribution < 1.29 is 14.7 Å². The van der Waals surface area contributed by atoms with Crippen molar-refractivity contribution in [2.75, 3.05) is 0 Å². The summed E-state index contributed by atoms with van der Waals surface area (Å²) in [5, 5.41) is 8.86. The summed E-state index contributed by atoms with van der Waals surface area (Å²) in [6.45, 7) is 1.79. The molecule has 0 aromatic heterocycles. The topological polar surface area (TPSA) is 54.4 Å². The van der Waals surface area contributed by atoms with E-state index >= 15 is 0 Å². The molecular formula is C14H18O3. The SMILES string of the molecule is CCC(CC(=O)CCc1ccccc1)C(=O)O. The fourth-order valence-electron chi connectivity index (χ4n) is 1.71. The Labute approximate surface area is 101 Å². The van der Waals surface area contributed by atoms with Crippen LogP contribution in [0.5, 0.6) is 0 Å². The molecule has 0 radical (unpaired) electrons. The van der Waals surface area contributed by atoms with E-state index in [-0.39, 0.29) is 12.2 Å². The van der Waals surface area contributed by atoms with Gasteiger partial charge in [-0.3, -0.25) is 9.59 Å². The maximum Gasteiger partial charge on any atom is 0.306 e. The summed E-state index contributed by atoms with van der Waals surface area (Å²) in [5.74, 6) is -1.37. The maximum absolute atomic E-state index is 11.6. The van der Waals surface area contributed by atoms with Crippen LogP contribution in [0.4, 0.5) is 0 Å². The van der Waals surface area contributed by atoms with Gasteiger partial charge in [0.05, 0.1) is 5.92 Å². The molecule has 1 rings (SSSR count). The summed E-state index contributed by atoms with van der Waals surface area (Å²) < 4.78 is 0. The lowest BCUT2D eigenvalue weighted by molar-refractivity contribution is -0.143. The molecule has 1 aromatic carbocycles. The number of hydrogen-bond donors (Lipinski definition) is 1. The zero-order valence-electron chi connectivity index (χ0n) is 10.1. The third-order valence-corrected chi connectivity index (χ3v) is 2.85. The fraction of sp³-hybridized carbons (Fsp3) is 0.429. The van der Waals surface area contributed by atoms with Crippen LogP contribution in [-0.2, 0) is 16.0 Å². The molecule has 0 aliphatic rings. The van der Waals surface area contributed by atoms with Crippen LogP contribution >= 0.6 is 0 Å². The highest BCUT2D eigenvalue weighted by Gasteiger charge is 2.18. The van der Waals surface area contributed by atoms with Crippen molar-refractivity contribution in [3.63, 3.8) is 0 Å². The molecule has 1 unspecified atom stereocenters. The van der Waals surface area contributed by atoms with Gasteiger partial charge < -0.3 is 5.11 Å². The van der Waals surface area contributed by atoms with Gasteiger partial charge in [-0.25, -0.2) is 0 Å². The van der Waals surface area contributed by atoms with E-state index in [2.05, 4.69) is 0 Å². The largest absolute Gasteiger partial charge is 0.481 e. The van der Waals surface area contributed by atoms with Gasteiger partial charge in [0.2, 0.25) is 0 Å². The number of aliphatic carboxylic acids is 1. The molecular weight excluding hydrogens is 216 g/mol. The molecule has 1 N–H and O–H groups in total. The van der Waals surface area contributed by atoms with Gasteiger partial charge in [-0.05, 0) is 18.4 Å². The summed E-state index contributed by atoms with van der Waals surface area (Å²) in [5.41, 5.74) is 1.12. The Bertz CT molecular complexity index is 370. The van der Waals surface area contributed by atoms with Gasteiger partial charge in [0.1, 0.15) is 5.78 Å². The molecule has 3 nitrogen and oxygen atoms in total. The molecule has 0 spiro atoms. The second-order valence-corrected chi connectivity index (χ2v) is 4.17. The molecule has 0 aliphatic carbocycles. The Kier molecular flexibility index (Phi) is 5.40. The van der Waals surface area contributed by atoms with E-state index in [9.17, 15) is 9.59 Å². The number of carboxylic acid groups (broad SMARTS) is 1. The maximum atomic E-state index is 11.6. The highest BCUT2D eigenvalue weighted by atomic mass is 16.4. The van der Waals surface area contributed by atoms with Crippen LogP contribution in [0.25, 0.3) is 0 Å². The van der Waals surface area contributed by atoms with E-state index in [0.717, 1.165) is 5.56 Å². The van der Waals surface area contributed by atoms with E-state index in [4.69, 9.17) is 5.11 Å². The second-order valence-electron chi connectivity index (χ2n) is 4.17. The first-order valence-electron chi connectivity index (χ1n) is 5.92. The average Bonchev–Trinajstić information content (AvgIpc) is 2.34. The molecule has 0 heterocycles. The van der Waals surface area contributed by atoms with E-state index in [1.54, 1.807) is 6.92 Å². The molecule has 0 bridgehead atoms. The van der Waals surface area contributed by atoms with E-state index in [0.29, 0.717) is 19.3 Å². The van der Waals surface area contributed by atoms with E-state index in [1.165, 1.54) is 0 Å². The zero-order chi connectivity index (χ0) is 12.7. The minimum absolute atomic E-state index is 0.0307. The minimum Gasteiger partial charge on any atom is -0.481 e. The monoisotopic (exact) mass is 234 g/mol. The minimum atomic E-state index is -0.874. The number of carboxylic acids is 1. The Balaban J connectivity index is 2.37. The molecule has 92 valence electrons. The van der Waals surface area contributed by atoms with Gasteiger partial charge in [-0.15, -0.1) is 0 Å². The molecule has 1 atom stereocenters. The van der Waals surface area contributed by atoms with Crippen LogP contribution in [0.15, 0.2) is 30.3 Å². The Morgan fingerprint density at radius 1 is 1.24 bits per heavy atom. The highest BCUT2D eigenvalue weighted by Crippen LogP contribution is 2.12. The predicted molar refractivity (Wildman–Crippen MR) is 65.8 cm³/mol. The number of rotatable bonds is 7. The zero-order valence-corrected chi connectivity index (χ0v) is 10.1. The van der Waals surface area contributed by atoms with Gasteiger partial charge in [-0.2, -0.15) is 0 Å². The number of Topliss-reactive ketones (excluding diaryl/α,β-unsaturated/α-hetero) is 1. The lowest BCUT2D eigenvalue weighted by atomic mass is 9.96. The predicted octanol–water partition coefficient (Wildman–Crippen LogP) is 2.69. The third-order valence-electron chi connectivity index (χ3n) is 2.85. The molecule has 17 heavy (non-hydrogen) atoms. The first kappa shape index (κ1) is 13.4. The normalized spacial score (nSPS) is 12.1. The Morgan fingerprint density at radius 3 is 2.41 bits per heavy atom. The average molecular weight is 234 g/mol. The number of benzene rings is 1. The number of aryl methyl sites for hydroxylation is 1. The first-order valence-corrected chi connectivity index (χ1v) is 5.92. The fourth-order valence-corrected chi connectivity index (χ4v) is 1.71. The van der Waals surface area contributed by atoms with Crippen LogP contribution in [0.2, 0.25) is 0 Å². The van der Waals surface area contributed by atoms with Crippen molar-refractivity contribution >= 4 is 11.8 Å². The standard InChI is InChI=1S/C14H18O3/c1-2-12(14(16)17)10-13(15)9-8-11-6-4-3-5-7-11/h3-7,12H,2,8-10H2,1H3,(H,16,17).